The summed E-state index contributed by atoms with van der Waals surface area (Å²) in [7, 11) is 0.392. The van der Waals surface area contributed by atoms with Gasteiger partial charge in [0.25, 0.3) is 0 Å². The molecule has 4 heteroatoms. The van der Waals surface area contributed by atoms with E-state index in [0.717, 1.165) is 12.8 Å². The van der Waals surface area contributed by atoms with Crippen LogP contribution in [0.15, 0.2) is 91.0 Å². The second-order valence-electron chi connectivity index (χ2n) is 5.15. The Labute approximate surface area is 134 Å². The topological polar surface area (TPSA) is 26.3 Å². The van der Waals surface area contributed by atoms with Gasteiger partial charge in [0.05, 0.1) is 0 Å². The van der Waals surface area contributed by atoms with Gasteiger partial charge in [-0.2, -0.15) is 0 Å². The van der Waals surface area contributed by atoms with Crippen LogP contribution in [0.25, 0.3) is 0 Å². The zero-order chi connectivity index (χ0) is 15.5. The predicted octanol–water partition coefficient (Wildman–Crippen LogP) is 1.21. The van der Waals surface area contributed by atoms with E-state index < -0.39 is 13.2 Å². The Bertz CT molecular complexity index is 711. The maximum absolute atomic E-state index is 14.6. The summed E-state index contributed by atoms with van der Waals surface area (Å²) in [6.45, 7) is 0. The van der Waals surface area contributed by atoms with Gasteiger partial charge in [-0.15, -0.1) is 0 Å². The van der Waals surface area contributed by atoms with Crippen LogP contribution < -0.4 is 12.8 Å². The molecule has 0 amide bonds. The fraction of sp³-hybridized carbons (Fsp3) is 0. The number of benzene rings is 3. The van der Waals surface area contributed by atoms with Crippen molar-refractivity contribution >= 4 is 23.3 Å². The van der Waals surface area contributed by atoms with Crippen molar-refractivity contribution < 1.29 is 20.2 Å². The summed E-state index contributed by atoms with van der Waals surface area (Å²) in [6, 6.07) is 28.8. The van der Waals surface area contributed by atoms with Crippen LogP contribution in [-0.4, -0.2) is 10.5 Å². The molecule has 0 atom stereocenters. The van der Waals surface area contributed by atoms with Crippen molar-refractivity contribution in [1.82, 2.24) is 0 Å². The second-order valence-corrected chi connectivity index (χ2v) is 12.6. The molecule has 0 fully saturated rings. The van der Waals surface area contributed by atoms with Crippen LogP contribution >= 0.6 is 0 Å². The van der Waals surface area contributed by atoms with Crippen molar-refractivity contribution in [2.45, 2.75) is 0 Å². The first kappa shape index (κ1) is 15.1. The van der Waals surface area contributed by atoms with Gasteiger partial charge < -0.3 is 0 Å². The third-order valence-corrected chi connectivity index (χ3v) is 13.8. The Kier molecular flexibility index (Phi) is 3.98. The van der Waals surface area contributed by atoms with Crippen molar-refractivity contribution in [3.63, 3.8) is 0 Å². The molecule has 0 aliphatic rings. The Morgan fingerprint density at radius 2 is 0.864 bits per heavy atom. The third kappa shape index (κ3) is 2.14. The quantitative estimate of drug-likeness (QED) is 0.665. The first-order valence-electron chi connectivity index (χ1n) is 7.18. The van der Waals surface area contributed by atoms with Gasteiger partial charge in [-0.05, 0) is 0 Å². The molecule has 0 aliphatic carbocycles. The molecule has 0 heterocycles. The van der Waals surface area contributed by atoms with Gasteiger partial charge in [0.2, 0.25) is 0 Å². The summed E-state index contributed by atoms with van der Waals surface area (Å²) in [5.74, 6) is 0. The first-order valence-corrected chi connectivity index (χ1v) is 11.2. The van der Waals surface area contributed by atoms with Crippen LogP contribution in [0.5, 0.6) is 0 Å². The molecule has 0 spiro atoms. The van der Waals surface area contributed by atoms with Crippen molar-refractivity contribution in [1.29, 1.82) is 0 Å². The van der Waals surface area contributed by atoms with Crippen LogP contribution in [-0.2, 0) is 20.2 Å². The average Bonchev–Trinajstić information content (AvgIpc) is 2.63. The molecule has 0 saturated carbocycles. The van der Waals surface area contributed by atoms with Gasteiger partial charge >= 0.3 is 135 Å². The molecular weight excluding hydrogens is 327 g/mol. The number of rotatable bonds is 4. The van der Waals surface area contributed by atoms with Crippen molar-refractivity contribution in [3.05, 3.63) is 91.0 Å². The molecule has 0 N–H and O–H groups in total. The molecule has 0 aliphatic heterocycles. The summed E-state index contributed by atoms with van der Waals surface area (Å²) in [4.78, 5) is 0. The SMILES string of the molecule is [O]=[V]([O][SiH3])([c]1ccccc1)([c]1ccccc1)[c]1ccccc1. The fourth-order valence-electron chi connectivity index (χ4n) is 2.86. The van der Waals surface area contributed by atoms with E-state index in [1.807, 2.05) is 91.0 Å². The minimum absolute atomic E-state index is 0.392. The van der Waals surface area contributed by atoms with E-state index in [1.165, 1.54) is 0 Å². The van der Waals surface area contributed by atoms with E-state index in [0.29, 0.717) is 10.5 Å². The van der Waals surface area contributed by atoms with Crippen LogP contribution in [0.2, 0.25) is 0 Å². The summed E-state index contributed by atoms with van der Waals surface area (Å²) in [6.07, 6.45) is 0. The molecule has 3 rings (SSSR count). The Balaban J connectivity index is 2.44. The van der Waals surface area contributed by atoms with Crippen LogP contribution in [0.3, 0.4) is 0 Å². The Morgan fingerprint density at radius 3 is 1.09 bits per heavy atom. The van der Waals surface area contributed by atoms with Gasteiger partial charge in [-0.3, -0.25) is 0 Å². The molecule has 0 unspecified atom stereocenters. The zero-order valence-corrected chi connectivity index (χ0v) is 15.8. The molecule has 0 radical (unpaired) electrons. The average molecular weight is 345 g/mol. The number of hydrogen-bond donors (Lipinski definition) is 0. The van der Waals surface area contributed by atoms with E-state index in [2.05, 4.69) is 0 Å². The van der Waals surface area contributed by atoms with Gasteiger partial charge in [-0.1, -0.05) is 0 Å². The van der Waals surface area contributed by atoms with E-state index in [9.17, 15) is 3.67 Å². The molecule has 0 saturated heterocycles. The summed E-state index contributed by atoms with van der Waals surface area (Å²) < 4.78 is 23.0. The third-order valence-electron chi connectivity index (χ3n) is 4.02. The second kappa shape index (κ2) is 5.78. The summed E-state index contributed by atoms with van der Waals surface area (Å²) in [5.41, 5.74) is 0. The molecule has 0 aromatic heterocycles. The van der Waals surface area contributed by atoms with Gasteiger partial charge in [0, 0.05) is 0 Å². The van der Waals surface area contributed by atoms with Crippen molar-refractivity contribution in [2.75, 3.05) is 0 Å². The molecule has 3 aromatic rings. The molecule has 111 valence electrons. The summed E-state index contributed by atoms with van der Waals surface area (Å²) in [5, 5.41) is 0. The first-order chi connectivity index (χ1) is 10.7. The van der Waals surface area contributed by atoms with E-state index in [1.54, 1.807) is 0 Å². The Morgan fingerprint density at radius 1 is 0.591 bits per heavy atom. The minimum atomic E-state index is -4.77. The predicted molar refractivity (Wildman–Crippen MR) is 89.9 cm³/mol. The van der Waals surface area contributed by atoms with Crippen LogP contribution in [0.1, 0.15) is 0 Å². The van der Waals surface area contributed by atoms with Crippen LogP contribution in [0.4, 0.5) is 0 Å². The Hall–Kier alpha value is -1.78. The fourth-order valence-corrected chi connectivity index (χ4v) is 11.2. The molecule has 22 heavy (non-hydrogen) atoms. The monoisotopic (exact) mass is 345 g/mol. The molecule has 3 aromatic carbocycles. The standard InChI is InChI=1S/3C6H5.H3OSi.O.V/c3*1-2-4-6-5-3-1;1-2;;/h3*1-5H;2H3;;/q;;;-1;;+1. The number of hydrogen-bond acceptors (Lipinski definition) is 2. The van der Waals surface area contributed by atoms with Crippen molar-refractivity contribution in [3.8, 4) is 0 Å². The molecular formula is C18H18O2SiV. The molecule has 2 nitrogen and oxygen atoms in total. The van der Waals surface area contributed by atoms with Crippen molar-refractivity contribution in [2.24, 2.45) is 0 Å². The maximum atomic E-state index is 14.6. The normalized spacial score (nSPS) is 13.4. The van der Waals surface area contributed by atoms with E-state index in [-0.39, 0.29) is 0 Å². The van der Waals surface area contributed by atoms with Gasteiger partial charge in [0.15, 0.2) is 0 Å². The van der Waals surface area contributed by atoms with Gasteiger partial charge in [-0.25, -0.2) is 0 Å². The summed E-state index contributed by atoms with van der Waals surface area (Å²) >= 11 is -4.77. The van der Waals surface area contributed by atoms with Crippen LogP contribution in [0, 0.1) is 0 Å². The van der Waals surface area contributed by atoms with Gasteiger partial charge in [0.1, 0.15) is 0 Å². The molecule has 0 bridgehead atoms. The zero-order valence-electron chi connectivity index (χ0n) is 12.4. The van der Waals surface area contributed by atoms with E-state index in [4.69, 9.17) is 3.35 Å². The van der Waals surface area contributed by atoms with E-state index >= 15 is 0 Å².